The van der Waals surface area contributed by atoms with Crippen molar-refractivity contribution in [2.45, 2.75) is 59.1 Å². The minimum Gasteiger partial charge on any atom is -0.444 e. The van der Waals surface area contributed by atoms with E-state index in [1.807, 2.05) is 50.4 Å². The van der Waals surface area contributed by atoms with Crippen molar-refractivity contribution in [1.82, 2.24) is 5.32 Å². The predicted molar refractivity (Wildman–Crippen MR) is 143 cm³/mol. The van der Waals surface area contributed by atoms with Crippen molar-refractivity contribution in [3.05, 3.63) is 75.1 Å². The lowest BCUT2D eigenvalue weighted by Gasteiger charge is -2.23. The first-order valence-electron chi connectivity index (χ1n) is 11.8. The first kappa shape index (κ1) is 27.3. The Morgan fingerprint density at radius 3 is 2.44 bits per heavy atom. The third-order valence-electron chi connectivity index (χ3n) is 5.51. The molecule has 3 aromatic rings. The van der Waals surface area contributed by atoms with Gasteiger partial charge in [-0.2, -0.15) is 11.8 Å². The van der Waals surface area contributed by atoms with Gasteiger partial charge < -0.3 is 19.2 Å². The van der Waals surface area contributed by atoms with Crippen LogP contribution in [0.25, 0.3) is 11.0 Å². The van der Waals surface area contributed by atoms with Gasteiger partial charge in [0.25, 0.3) is 0 Å². The van der Waals surface area contributed by atoms with Crippen LogP contribution in [0.5, 0.6) is 5.75 Å². The lowest BCUT2D eigenvalue weighted by Crippen LogP contribution is -2.45. The molecule has 1 atom stereocenters. The smallest absolute Gasteiger partial charge is 0.408 e. The van der Waals surface area contributed by atoms with Gasteiger partial charge in [0, 0.05) is 12.0 Å². The molecular formula is C28H33NO6S. The van der Waals surface area contributed by atoms with Gasteiger partial charge in [-0.05, 0) is 81.9 Å². The van der Waals surface area contributed by atoms with E-state index in [4.69, 9.17) is 13.9 Å². The van der Waals surface area contributed by atoms with E-state index in [1.54, 1.807) is 44.7 Å². The van der Waals surface area contributed by atoms with Gasteiger partial charge in [-0.3, -0.25) is 0 Å². The Labute approximate surface area is 215 Å². The summed E-state index contributed by atoms with van der Waals surface area (Å²) in [5.41, 5.74) is 2.15. The lowest BCUT2D eigenvalue weighted by molar-refractivity contribution is -0.136. The van der Waals surface area contributed by atoms with Crippen molar-refractivity contribution >= 4 is 34.8 Å². The standard InChI is InChI=1S/C28H33NO6S/c1-17-14-22-24(18(2)20(25(30)33-22)16-19-10-8-7-9-11-19)23(15-17)34-26(31)21(12-13-36-6)29-27(32)35-28(3,4)5/h7-11,14-15,21H,12-13,16H2,1-6H3,(H,29,32)/t21-/m0/s1. The highest BCUT2D eigenvalue weighted by molar-refractivity contribution is 7.98. The second-order valence-electron chi connectivity index (χ2n) is 9.69. The van der Waals surface area contributed by atoms with Gasteiger partial charge in [0.05, 0.1) is 5.39 Å². The molecule has 7 nitrogen and oxygen atoms in total. The van der Waals surface area contributed by atoms with E-state index in [-0.39, 0.29) is 5.75 Å². The van der Waals surface area contributed by atoms with Gasteiger partial charge in [0.15, 0.2) is 0 Å². The molecule has 0 spiro atoms. The normalized spacial score (nSPS) is 12.3. The SMILES string of the molecule is CSCC[C@H](NC(=O)OC(C)(C)C)C(=O)Oc1cc(C)cc2oc(=O)c(Cc3ccccc3)c(C)c12. The quantitative estimate of drug-likeness (QED) is 0.241. The number of amides is 1. The van der Waals surface area contributed by atoms with Gasteiger partial charge in [0.2, 0.25) is 0 Å². The Kier molecular flexibility index (Phi) is 8.84. The highest BCUT2D eigenvalue weighted by atomic mass is 32.2. The second-order valence-corrected chi connectivity index (χ2v) is 10.7. The summed E-state index contributed by atoms with van der Waals surface area (Å²) in [6.45, 7) is 8.92. The van der Waals surface area contributed by atoms with Crippen LogP contribution in [0.4, 0.5) is 4.79 Å². The number of hydrogen-bond acceptors (Lipinski definition) is 7. The van der Waals surface area contributed by atoms with Gasteiger partial charge >= 0.3 is 17.7 Å². The molecule has 0 aliphatic rings. The largest absolute Gasteiger partial charge is 0.444 e. The lowest BCUT2D eigenvalue weighted by atomic mass is 9.98. The summed E-state index contributed by atoms with van der Waals surface area (Å²) in [6, 6.07) is 12.2. The number of hydrogen-bond donors (Lipinski definition) is 1. The fourth-order valence-electron chi connectivity index (χ4n) is 3.84. The minimum atomic E-state index is -0.900. The summed E-state index contributed by atoms with van der Waals surface area (Å²) in [5, 5.41) is 3.19. The van der Waals surface area contributed by atoms with E-state index in [0.717, 1.165) is 11.1 Å². The number of rotatable bonds is 8. The van der Waals surface area contributed by atoms with E-state index < -0.39 is 29.3 Å². The molecule has 1 amide bonds. The van der Waals surface area contributed by atoms with Gasteiger partial charge in [0.1, 0.15) is 23.0 Å². The number of nitrogens with one attached hydrogen (secondary N) is 1. The maximum atomic E-state index is 13.2. The fourth-order valence-corrected chi connectivity index (χ4v) is 4.31. The van der Waals surface area contributed by atoms with Crippen LogP contribution in [0.15, 0.2) is 51.7 Å². The van der Waals surface area contributed by atoms with Gasteiger partial charge in [-0.25, -0.2) is 14.4 Å². The number of esters is 1. The van der Waals surface area contributed by atoms with Gasteiger partial charge in [-0.15, -0.1) is 0 Å². The molecule has 1 heterocycles. The molecule has 0 bridgehead atoms. The molecule has 192 valence electrons. The van der Waals surface area contributed by atoms with Crippen LogP contribution < -0.4 is 15.7 Å². The second kappa shape index (κ2) is 11.6. The molecule has 0 saturated heterocycles. The Bertz CT molecular complexity index is 1290. The van der Waals surface area contributed by atoms with E-state index >= 15 is 0 Å². The maximum absolute atomic E-state index is 13.2. The Hall–Kier alpha value is -3.26. The first-order valence-corrected chi connectivity index (χ1v) is 13.2. The highest BCUT2D eigenvalue weighted by Gasteiger charge is 2.27. The number of fused-ring (bicyclic) bond motifs is 1. The number of ether oxygens (including phenoxy) is 2. The molecule has 0 saturated carbocycles. The summed E-state index contributed by atoms with van der Waals surface area (Å²) >= 11 is 1.56. The van der Waals surface area contributed by atoms with Gasteiger partial charge in [-0.1, -0.05) is 30.3 Å². The first-order chi connectivity index (χ1) is 17.0. The summed E-state index contributed by atoms with van der Waals surface area (Å²) in [7, 11) is 0. The summed E-state index contributed by atoms with van der Waals surface area (Å²) in [6.07, 6.45) is 2.00. The van der Waals surface area contributed by atoms with Crippen molar-refractivity contribution in [2.75, 3.05) is 12.0 Å². The van der Waals surface area contributed by atoms with E-state index in [2.05, 4.69) is 5.32 Å². The zero-order chi connectivity index (χ0) is 26.5. The highest BCUT2D eigenvalue weighted by Crippen LogP contribution is 2.32. The van der Waals surface area contributed by atoms with E-state index in [1.165, 1.54) is 0 Å². The Balaban J connectivity index is 1.97. The molecule has 0 aliphatic heterocycles. The molecule has 0 radical (unpaired) electrons. The van der Waals surface area contributed by atoms with Crippen LogP contribution in [0.3, 0.4) is 0 Å². The molecule has 0 unspecified atom stereocenters. The number of carbonyl (C=O) groups is 2. The zero-order valence-electron chi connectivity index (χ0n) is 21.6. The third kappa shape index (κ3) is 7.13. The average molecular weight is 512 g/mol. The number of carbonyl (C=O) groups excluding carboxylic acids is 2. The number of alkyl carbamates (subject to hydrolysis) is 1. The van der Waals surface area contributed by atoms with Crippen LogP contribution >= 0.6 is 11.8 Å². The molecule has 2 aromatic carbocycles. The monoisotopic (exact) mass is 511 g/mol. The topological polar surface area (TPSA) is 94.8 Å². The predicted octanol–water partition coefficient (Wildman–Crippen LogP) is 5.55. The molecule has 3 rings (SSSR count). The third-order valence-corrected chi connectivity index (χ3v) is 6.15. The van der Waals surface area contributed by atoms with Crippen molar-refractivity contribution in [2.24, 2.45) is 0 Å². The molecule has 1 N–H and O–H groups in total. The van der Waals surface area contributed by atoms with Crippen LogP contribution in [-0.2, 0) is 16.0 Å². The number of aryl methyl sites for hydroxylation is 2. The number of thioether (sulfide) groups is 1. The minimum absolute atomic E-state index is 0.283. The maximum Gasteiger partial charge on any atom is 0.408 e. The molecular weight excluding hydrogens is 478 g/mol. The number of benzene rings is 2. The van der Waals surface area contributed by atoms with Crippen molar-refractivity contribution in [3.8, 4) is 5.75 Å². The Morgan fingerprint density at radius 1 is 1.11 bits per heavy atom. The summed E-state index contributed by atoms with van der Waals surface area (Å²) < 4.78 is 16.8. The molecule has 1 aromatic heterocycles. The zero-order valence-corrected chi connectivity index (χ0v) is 22.4. The van der Waals surface area contributed by atoms with Crippen molar-refractivity contribution in [3.63, 3.8) is 0 Å². The molecule has 8 heteroatoms. The van der Waals surface area contributed by atoms with Crippen LogP contribution in [0.2, 0.25) is 0 Å². The van der Waals surface area contributed by atoms with E-state index in [0.29, 0.717) is 40.7 Å². The van der Waals surface area contributed by atoms with Crippen LogP contribution in [0.1, 0.15) is 49.4 Å². The fraction of sp³-hybridized carbons (Fsp3) is 0.393. The molecule has 0 fully saturated rings. The summed E-state index contributed by atoms with van der Waals surface area (Å²) in [5.74, 6) is 0.307. The van der Waals surface area contributed by atoms with E-state index in [9.17, 15) is 14.4 Å². The average Bonchev–Trinajstić information content (AvgIpc) is 2.78. The molecule has 0 aliphatic carbocycles. The van der Waals surface area contributed by atoms with Crippen LogP contribution in [0, 0.1) is 13.8 Å². The van der Waals surface area contributed by atoms with Crippen LogP contribution in [-0.4, -0.2) is 35.7 Å². The molecule has 36 heavy (non-hydrogen) atoms. The van der Waals surface area contributed by atoms with Crippen molar-refractivity contribution in [1.29, 1.82) is 0 Å². The Morgan fingerprint density at radius 2 is 1.81 bits per heavy atom. The van der Waals surface area contributed by atoms with Crippen molar-refractivity contribution < 1.29 is 23.5 Å². The summed E-state index contributed by atoms with van der Waals surface area (Å²) in [4.78, 5) is 38.4.